The SMILES string of the molecule is COC(=O)C=Nc1ccccc1[CH]=[Ru]([Cl])[Cl]. The number of rotatable bonds is 3. The Morgan fingerprint density at radius 3 is 2.75 bits per heavy atom. The number of nitrogens with zero attached hydrogens (tertiary/aromatic N) is 1. The van der Waals surface area contributed by atoms with Gasteiger partial charge in [-0.3, -0.25) is 0 Å². The summed E-state index contributed by atoms with van der Waals surface area (Å²) in [6.07, 6.45) is 1.12. The van der Waals surface area contributed by atoms with Crippen molar-refractivity contribution in [3.05, 3.63) is 29.8 Å². The van der Waals surface area contributed by atoms with Crippen LogP contribution in [0.4, 0.5) is 5.69 Å². The summed E-state index contributed by atoms with van der Waals surface area (Å²) >= 11 is -1.89. The average Bonchev–Trinajstić information content (AvgIpc) is 2.26. The molecule has 0 amide bonds. The van der Waals surface area contributed by atoms with E-state index in [0.717, 1.165) is 11.8 Å². The molecule has 1 rings (SSSR count). The van der Waals surface area contributed by atoms with Gasteiger partial charge in [-0.05, 0) is 0 Å². The number of para-hydroxylation sites is 1. The van der Waals surface area contributed by atoms with Gasteiger partial charge in [0.05, 0.1) is 0 Å². The second kappa shape index (κ2) is 6.90. The van der Waals surface area contributed by atoms with Crippen molar-refractivity contribution in [2.75, 3.05) is 7.11 Å². The molecule has 1 aromatic carbocycles. The molecule has 88 valence electrons. The number of hydrogen-bond donors (Lipinski definition) is 0. The molecule has 0 aliphatic heterocycles. The average molecular weight is 347 g/mol. The monoisotopic (exact) mass is 347 g/mol. The summed E-state index contributed by atoms with van der Waals surface area (Å²) in [7, 11) is 12.9. The first-order chi connectivity index (χ1) is 7.63. The van der Waals surface area contributed by atoms with E-state index in [4.69, 9.17) is 19.4 Å². The van der Waals surface area contributed by atoms with E-state index in [9.17, 15) is 4.79 Å². The number of aliphatic imine (C=N–C) groups is 1. The Hall–Kier alpha value is -0.567. The molecule has 6 heteroatoms. The summed E-state index contributed by atoms with van der Waals surface area (Å²) in [5.74, 6) is -0.499. The van der Waals surface area contributed by atoms with E-state index in [0.29, 0.717) is 5.69 Å². The van der Waals surface area contributed by atoms with Crippen LogP contribution in [0, 0.1) is 0 Å². The third-order valence-corrected chi connectivity index (χ3v) is 3.47. The number of carbonyl (C=O) groups excluding carboxylic acids is 1. The van der Waals surface area contributed by atoms with E-state index in [2.05, 4.69) is 9.73 Å². The fourth-order valence-electron chi connectivity index (χ4n) is 0.949. The third-order valence-electron chi connectivity index (χ3n) is 1.63. The van der Waals surface area contributed by atoms with Crippen molar-refractivity contribution in [2.24, 2.45) is 4.99 Å². The first-order valence-electron chi connectivity index (χ1n) is 4.17. The van der Waals surface area contributed by atoms with E-state index in [-0.39, 0.29) is 0 Å². The standard InChI is InChI=1S/C10H9NO2.2ClH.Ru/c1-8-5-3-4-6-9(8)11-7-10(12)13-2;;;/h1,3-7H,2H3;2*1H;/q;;;+2/p-2. The van der Waals surface area contributed by atoms with E-state index < -0.39 is 19.5 Å². The van der Waals surface area contributed by atoms with Crippen LogP contribution < -0.4 is 0 Å². The van der Waals surface area contributed by atoms with Gasteiger partial charge in [-0.15, -0.1) is 0 Å². The van der Waals surface area contributed by atoms with Crippen molar-refractivity contribution in [3.8, 4) is 0 Å². The molecule has 0 unspecified atom stereocenters. The van der Waals surface area contributed by atoms with E-state index in [1.54, 1.807) is 10.7 Å². The van der Waals surface area contributed by atoms with Crippen molar-refractivity contribution in [1.82, 2.24) is 0 Å². The maximum atomic E-state index is 10.9. The molecule has 0 radical (unpaired) electrons. The molecule has 0 atom stereocenters. The Balaban J connectivity index is 3.00. The zero-order valence-electron chi connectivity index (χ0n) is 8.34. The minimum absolute atomic E-state index is 0.499. The molecule has 3 nitrogen and oxygen atoms in total. The van der Waals surface area contributed by atoms with Gasteiger partial charge in [-0.25, -0.2) is 0 Å². The predicted molar refractivity (Wildman–Crippen MR) is 63.5 cm³/mol. The van der Waals surface area contributed by atoms with Crippen molar-refractivity contribution in [1.29, 1.82) is 0 Å². The molecule has 1 aromatic rings. The first-order valence-corrected chi connectivity index (χ1v) is 9.65. The van der Waals surface area contributed by atoms with Gasteiger partial charge in [0.25, 0.3) is 0 Å². The van der Waals surface area contributed by atoms with Crippen LogP contribution in [0.25, 0.3) is 0 Å². The third kappa shape index (κ3) is 4.52. The summed E-state index contributed by atoms with van der Waals surface area (Å²) in [6.45, 7) is 0. The van der Waals surface area contributed by atoms with Crippen molar-refractivity contribution >= 4 is 41.9 Å². The number of halogens is 2. The van der Waals surface area contributed by atoms with Gasteiger partial charge < -0.3 is 0 Å². The second-order valence-corrected chi connectivity index (χ2v) is 8.37. The van der Waals surface area contributed by atoms with Gasteiger partial charge in [0.1, 0.15) is 0 Å². The Bertz CT molecular complexity index is 442. The quantitative estimate of drug-likeness (QED) is 0.479. The molecular formula is C10H9Cl2NO2Ru. The van der Waals surface area contributed by atoms with Crippen molar-refractivity contribution in [3.63, 3.8) is 0 Å². The van der Waals surface area contributed by atoms with Crippen LogP contribution in [0.15, 0.2) is 29.3 Å². The van der Waals surface area contributed by atoms with Crippen LogP contribution in [0.3, 0.4) is 0 Å². The van der Waals surface area contributed by atoms with Crippen LogP contribution in [0.2, 0.25) is 0 Å². The predicted octanol–water partition coefficient (Wildman–Crippen LogP) is 2.64. The van der Waals surface area contributed by atoms with Gasteiger partial charge in [0.15, 0.2) is 0 Å². The number of carbonyl (C=O) groups is 1. The Labute approximate surface area is 107 Å². The van der Waals surface area contributed by atoms with Crippen LogP contribution >= 0.6 is 19.4 Å². The van der Waals surface area contributed by atoms with E-state index >= 15 is 0 Å². The van der Waals surface area contributed by atoms with Crippen LogP contribution in [-0.4, -0.2) is 23.9 Å². The first kappa shape index (κ1) is 13.5. The molecule has 16 heavy (non-hydrogen) atoms. The molecule has 0 aromatic heterocycles. The molecule has 0 spiro atoms. The minimum atomic E-state index is -1.89. The summed E-state index contributed by atoms with van der Waals surface area (Å²) in [5.41, 5.74) is 1.47. The molecular weight excluding hydrogens is 338 g/mol. The van der Waals surface area contributed by atoms with Crippen LogP contribution in [0.1, 0.15) is 5.56 Å². The summed E-state index contributed by atoms with van der Waals surface area (Å²) in [4.78, 5) is 14.9. The summed E-state index contributed by atoms with van der Waals surface area (Å²) < 4.78 is 6.23. The second-order valence-electron chi connectivity index (χ2n) is 2.65. The maximum absolute atomic E-state index is 10.9. The number of benzene rings is 1. The number of esters is 1. The van der Waals surface area contributed by atoms with Gasteiger partial charge >= 0.3 is 107 Å². The fourth-order valence-corrected chi connectivity index (χ4v) is 2.77. The van der Waals surface area contributed by atoms with Crippen molar-refractivity contribution < 1.29 is 23.0 Å². The molecule has 0 saturated heterocycles. The molecule has 0 aliphatic rings. The molecule has 0 fully saturated rings. The van der Waals surface area contributed by atoms with Crippen molar-refractivity contribution in [2.45, 2.75) is 0 Å². The number of methoxy groups -OCH3 is 1. The Morgan fingerprint density at radius 2 is 2.12 bits per heavy atom. The van der Waals surface area contributed by atoms with Gasteiger partial charge in [-0.1, -0.05) is 0 Å². The van der Waals surface area contributed by atoms with Gasteiger partial charge in [-0.2, -0.15) is 0 Å². The van der Waals surface area contributed by atoms with Crippen LogP contribution in [0.5, 0.6) is 0 Å². The molecule has 0 saturated carbocycles. The molecule has 0 N–H and O–H groups in total. The molecule has 0 aliphatic carbocycles. The zero-order valence-corrected chi connectivity index (χ0v) is 11.6. The zero-order chi connectivity index (χ0) is 12.0. The Kier molecular flexibility index (Phi) is 5.82. The van der Waals surface area contributed by atoms with E-state index in [1.165, 1.54) is 7.11 Å². The molecule has 0 heterocycles. The normalized spacial score (nSPS) is 11.3. The van der Waals surface area contributed by atoms with E-state index in [1.807, 2.05) is 18.2 Å². The fraction of sp³-hybridized carbons (Fsp3) is 0.100. The van der Waals surface area contributed by atoms with Crippen LogP contribution in [-0.2, 0) is 23.0 Å². The topological polar surface area (TPSA) is 38.7 Å². The van der Waals surface area contributed by atoms with Gasteiger partial charge in [0.2, 0.25) is 0 Å². The number of ether oxygens (including phenoxy) is 1. The number of hydrogen-bond acceptors (Lipinski definition) is 3. The Morgan fingerprint density at radius 1 is 1.44 bits per heavy atom. The van der Waals surface area contributed by atoms with Gasteiger partial charge in [0, 0.05) is 0 Å². The summed E-state index contributed by atoms with van der Waals surface area (Å²) in [5, 5.41) is 0. The molecule has 0 bridgehead atoms. The summed E-state index contributed by atoms with van der Waals surface area (Å²) in [6, 6.07) is 7.29.